The molecule has 2 rings (SSSR count). The number of hydrogen-bond donors (Lipinski definition) is 1. The number of carbonyl (C=O) groups is 1. The number of halogens is 1. The zero-order chi connectivity index (χ0) is 17.7. The summed E-state index contributed by atoms with van der Waals surface area (Å²) in [5.41, 5.74) is 6.29. The number of benzene rings is 2. The van der Waals surface area contributed by atoms with Crippen LogP contribution < -0.4 is 10.5 Å². The van der Waals surface area contributed by atoms with Crippen LogP contribution in [-0.4, -0.2) is 19.8 Å². The lowest BCUT2D eigenvalue weighted by Gasteiger charge is -2.11. The average molecular weight is 408 g/mol. The molecule has 124 valence electrons. The highest BCUT2D eigenvalue weighted by atomic mass is 79.9. The van der Waals surface area contributed by atoms with Crippen LogP contribution >= 0.6 is 15.9 Å². The van der Waals surface area contributed by atoms with Crippen molar-refractivity contribution >= 4 is 31.9 Å². The summed E-state index contributed by atoms with van der Waals surface area (Å²) < 4.78 is 30.7. The lowest BCUT2D eigenvalue weighted by Crippen LogP contribution is -2.18. The monoisotopic (exact) mass is 407 g/mol. The fraction of sp³-hybridized carbons (Fsp3) is 0.118. The van der Waals surface area contributed by atoms with Gasteiger partial charge in [0.25, 0.3) is 0 Å². The van der Waals surface area contributed by atoms with Gasteiger partial charge in [-0.05, 0) is 42.8 Å². The van der Waals surface area contributed by atoms with Gasteiger partial charge in [-0.15, -0.1) is 0 Å². The molecule has 2 aromatic rings. The molecule has 2 N–H and O–H groups in total. The van der Waals surface area contributed by atoms with Crippen LogP contribution in [-0.2, 0) is 9.84 Å². The van der Waals surface area contributed by atoms with Crippen molar-refractivity contribution in [3.05, 3.63) is 53.6 Å². The lowest BCUT2D eigenvalue weighted by molar-refractivity contribution is 0.209. The van der Waals surface area contributed by atoms with Crippen LogP contribution in [0.5, 0.6) is 5.75 Å². The molecule has 2 aromatic carbocycles. The number of rotatable bonds is 3. The Hall–Kier alpha value is -2.30. The Kier molecular flexibility index (Phi) is 5.65. The van der Waals surface area contributed by atoms with Gasteiger partial charge in [0.2, 0.25) is 9.84 Å². The van der Waals surface area contributed by atoms with Crippen molar-refractivity contribution in [1.29, 1.82) is 0 Å². The molecule has 0 saturated carbocycles. The Morgan fingerprint density at radius 3 is 2.67 bits per heavy atom. The fourth-order valence-corrected chi connectivity index (χ4v) is 3.67. The standard InChI is InChI=1S/C17H14BrNO4S/c1-12-7-8-15(23-17(19)20)16(10-12)24(21,22)14-6-2-4-13(11-14)5-3-9-18/h2,4,6-8,10-11H,9H2,1H3,(H2,19,20). The van der Waals surface area contributed by atoms with Crippen molar-refractivity contribution in [2.45, 2.75) is 16.7 Å². The quantitative estimate of drug-likeness (QED) is 0.625. The molecule has 0 spiro atoms. The molecule has 0 aliphatic carbocycles. The molecule has 0 unspecified atom stereocenters. The van der Waals surface area contributed by atoms with E-state index in [0.29, 0.717) is 16.5 Å². The molecule has 0 radical (unpaired) electrons. The normalized spacial score (nSPS) is 10.6. The van der Waals surface area contributed by atoms with Gasteiger partial charge in [0.15, 0.2) is 5.75 Å². The molecule has 0 atom stereocenters. The number of primary amides is 1. The smallest absolute Gasteiger partial charge is 0.409 e. The van der Waals surface area contributed by atoms with Crippen molar-refractivity contribution < 1.29 is 17.9 Å². The van der Waals surface area contributed by atoms with Crippen molar-refractivity contribution in [3.8, 4) is 17.6 Å². The van der Waals surface area contributed by atoms with Crippen LogP contribution in [0.1, 0.15) is 11.1 Å². The van der Waals surface area contributed by atoms with Crippen molar-refractivity contribution in [3.63, 3.8) is 0 Å². The van der Waals surface area contributed by atoms with Crippen molar-refractivity contribution in [1.82, 2.24) is 0 Å². The Morgan fingerprint density at radius 1 is 1.25 bits per heavy atom. The highest BCUT2D eigenvalue weighted by Gasteiger charge is 2.23. The first-order valence-corrected chi connectivity index (χ1v) is 9.43. The third-order valence-corrected chi connectivity index (χ3v) is 5.10. The molecule has 0 bridgehead atoms. The van der Waals surface area contributed by atoms with Gasteiger partial charge in [-0.1, -0.05) is 39.9 Å². The third kappa shape index (κ3) is 4.16. The molecule has 0 heterocycles. The highest BCUT2D eigenvalue weighted by molar-refractivity contribution is 9.09. The van der Waals surface area contributed by atoms with Crippen molar-refractivity contribution in [2.24, 2.45) is 5.73 Å². The molecule has 0 aliphatic heterocycles. The van der Waals surface area contributed by atoms with Crippen molar-refractivity contribution in [2.75, 3.05) is 5.33 Å². The van der Waals surface area contributed by atoms with Crippen LogP contribution in [0, 0.1) is 18.8 Å². The number of nitrogens with two attached hydrogens (primary N) is 1. The van der Waals surface area contributed by atoms with Crippen LogP contribution in [0.25, 0.3) is 0 Å². The molecule has 0 saturated heterocycles. The molecular weight excluding hydrogens is 394 g/mol. The average Bonchev–Trinajstić information content (AvgIpc) is 2.54. The summed E-state index contributed by atoms with van der Waals surface area (Å²) in [6.07, 6.45) is -1.08. The van der Waals surface area contributed by atoms with E-state index in [9.17, 15) is 13.2 Å². The van der Waals surface area contributed by atoms with Crippen LogP contribution in [0.15, 0.2) is 52.3 Å². The summed E-state index contributed by atoms with van der Waals surface area (Å²) in [5.74, 6) is 5.56. The number of amides is 1. The van der Waals surface area contributed by atoms with E-state index in [1.54, 1.807) is 25.1 Å². The maximum atomic E-state index is 12.9. The summed E-state index contributed by atoms with van der Waals surface area (Å²) >= 11 is 3.19. The van der Waals surface area contributed by atoms with E-state index in [0.717, 1.165) is 0 Å². The first-order valence-electron chi connectivity index (χ1n) is 6.82. The first-order chi connectivity index (χ1) is 11.3. The van der Waals surface area contributed by atoms with Crippen LogP contribution in [0.3, 0.4) is 0 Å². The minimum Gasteiger partial charge on any atom is -0.409 e. The predicted molar refractivity (Wildman–Crippen MR) is 94.0 cm³/mol. The second kappa shape index (κ2) is 7.51. The number of aryl methyl sites for hydroxylation is 1. The number of sulfone groups is 1. The minimum absolute atomic E-state index is 0.0591. The van der Waals surface area contributed by atoms with E-state index < -0.39 is 15.9 Å². The summed E-state index contributed by atoms with van der Waals surface area (Å²) in [7, 11) is -3.90. The zero-order valence-corrected chi connectivity index (χ0v) is 15.1. The van der Waals surface area contributed by atoms with Gasteiger partial charge in [-0.2, -0.15) is 0 Å². The first kappa shape index (κ1) is 18.0. The molecule has 0 aliphatic rings. The second-order valence-electron chi connectivity index (χ2n) is 4.84. The van der Waals surface area contributed by atoms with Crippen LogP contribution in [0.2, 0.25) is 0 Å². The van der Waals surface area contributed by atoms with E-state index in [1.165, 1.54) is 24.3 Å². The third-order valence-electron chi connectivity index (χ3n) is 3.04. The Labute approximate surface area is 148 Å². The van der Waals surface area contributed by atoms with E-state index in [2.05, 4.69) is 27.8 Å². The van der Waals surface area contributed by atoms with E-state index >= 15 is 0 Å². The maximum absolute atomic E-state index is 12.9. The summed E-state index contributed by atoms with van der Waals surface area (Å²) in [4.78, 5) is 11.0. The largest absolute Gasteiger partial charge is 0.410 e. The Balaban J connectivity index is 2.59. The number of ether oxygens (including phenoxy) is 1. The maximum Gasteiger partial charge on any atom is 0.410 e. The molecule has 7 heteroatoms. The molecule has 1 amide bonds. The summed E-state index contributed by atoms with van der Waals surface area (Å²) in [5, 5.41) is 0.485. The highest BCUT2D eigenvalue weighted by Crippen LogP contribution is 2.30. The Bertz CT molecular complexity index is 943. The zero-order valence-electron chi connectivity index (χ0n) is 12.7. The Morgan fingerprint density at radius 2 is 2.00 bits per heavy atom. The van der Waals surface area contributed by atoms with E-state index in [1.807, 2.05) is 0 Å². The van der Waals surface area contributed by atoms with Gasteiger partial charge in [0, 0.05) is 5.56 Å². The topological polar surface area (TPSA) is 86.5 Å². The summed E-state index contributed by atoms with van der Waals surface area (Å²) in [6, 6.07) is 10.7. The molecule has 24 heavy (non-hydrogen) atoms. The molecule has 5 nitrogen and oxygen atoms in total. The molecule has 0 aromatic heterocycles. The number of carbonyl (C=O) groups excluding carboxylic acids is 1. The number of alkyl halides is 1. The number of hydrogen-bond acceptors (Lipinski definition) is 4. The summed E-state index contributed by atoms with van der Waals surface area (Å²) in [6.45, 7) is 1.74. The minimum atomic E-state index is -3.90. The van der Waals surface area contributed by atoms with Gasteiger partial charge >= 0.3 is 6.09 Å². The molecular formula is C17H14BrNO4S. The SMILES string of the molecule is Cc1ccc(OC(N)=O)c(S(=O)(=O)c2cccc(C#CCBr)c2)c1. The molecule has 0 fully saturated rings. The van der Waals surface area contributed by atoms with Crippen LogP contribution in [0.4, 0.5) is 4.79 Å². The van der Waals surface area contributed by atoms with E-state index in [-0.39, 0.29) is 15.5 Å². The van der Waals surface area contributed by atoms with Gasteiger partial charge in [-0.3, -0.25) is 0 Å². The second-order valence-corrected chi connectivity index (χ2v) is 7.32. The fourth-order valence-electron chi connectivity index (χ4n) is 2.02. The van der Waals surface area contributed by atoms with Gasteiger partial charge < -0.3 is 10.5 Å². The predicted octanol–water partition coefficient (Wildman–Crippen LogP) is 3.03. The van der Waals surface area contributed by atoms with Gasteiger partial charge in [0.05, 0.1) is 10.2 Å². The van der Waals surface area contributed by atoms with E-state index in [4.69, 9.17) is 10.5 Å². The van der Waals surface area contributed by atoms with Gasteiger partial charge in [-0.25, -0.2) is 13.2 Å². The van der Waals surface area contributed by atoms with Gasteiger partial charge in [0.1, 0.15) is 4.90 Å². The lowest BCUT2D eigenvalue weighted by atomic mass is 10.2.